The molecule has 0 N–H and O–H groups in total. The molecule has 0 fully saturated rings. The van der Waals surface area contributed by atoms with Crippen LogP contribution in [-0.2, 0) is 61.6 Å². The van der Waals surface area contributed by atoms with Crippen LogP contribution in [0, 0.1) is 0 Å². The van der Waals surface area contributed by atoms with Gasteiger partial charge in [0.2, 0.25) is 0 Å². The molecule has 0 nitrogen and oxygen atoms in total. The Balaban J connectivity index is 0. The molecular formula is HLiMoS3-6. The molecule has 0 aliphatic rings. The predicted molar refractivity (Wildman–Crippen MR) is 23.2 cm³/mol. The summed E-state index contributed by atoms with van der Waals surface area (Å²) in [5, 5.41) is 0. The van der Waals surface area contributed by atoms with E-state index < -0.39 is 0 Å². The Labute approximate surface area is 81.1 Å². The van der Waals surface area contributed by atoms with E-state index in [1.807, 2.05) is 0 Å². The van der Waals surface area contributed by atoms with Crippen LogP contribution in [0.5, 0.6) is 0 Å². The molecule has 0 aliphatic heterocycles. The summed E-state index contributed by atoms with van der Waals surface area (Å²) in [4.78, 5) is 0. The van der Waals surface area contributed by atoms with Gasteiger partial charge in [-0.15, -0.1) is 0 Å². The van der Waals surface area contributed by atoms with Crippen molar-refractivity contribution in [2.45, 2.75) is 0 Å². The monoisotopic (exact) mass is 202 g/mol. The Hall–Kier alpha value is 2.34. The summed E-state index contributed by atoms with van der Waals surface area (Å²) in [6, 6.07) is 0. The van der Waals surface area contributed by atoms with E-state index in [9.17, 15) is 0 Å². The van der Waals surface area contributed by atoms with Gasteiger partial charge in [-0.05, 0) is 0 Å². The fraction of sp³-hybridized carbons (Fsp3) is 0. The van der Waals surface area contributed by atoms with Crippen molar-refractivity contribution >= 4 is 40.5 Å². The SMILES string of the molecule is [H-].[Li+].[Mo].[S-2].[S-2].[S-2]. The summed E-state index contributed by atoms with van der Waals surface area (Å²) in [7, 11) is 0. The first-order valence-corrected chi connectivity index (χ1v) is 0. The van der Waals surface area contributed by atoms with E-state index in [0.717, 1.165) is 0 Å². The second kappa shape index (κ2) is 33.1. The van der Waals surface area contributed by atoms with E-state index in [1.54, 1.807) is 0 Å². The summed E-state index contributed by atoms with van der Waals surface area (Å²) >= 11 is 0. The van der Waals surface area contributed by atoms with Gasteiger partial charge < -0.3 is 41.9 Å². The smallest absolute Gasteiger partial charge is 1.00 e. The zero-order valence-electron chi connectivity index (χ0n) is 3.63. The molecule has 0 amide bonds. The van der Waals surface area contributed by atoms with Crippen molar-refractivity contribution in [3.05, 3.63) is 0 Å². The van der Waals surface area contributed by atoms with Crippen LogP contribution in [0.25, 0.3) is 0 Å². The fourth-order valence-corrected chi connectivity index (χ4v) is 0. The van der Waals surface area contributed by atoms with Gasteiger partial charge in [-0.3, -0.25) is 0 Å². The van der Waals surface area contributed by atoms with Gasteiger partial charge in [-0.1, -0.05) is 0 Å². The van der Waals surface area contributed by atoms with E-state index in [2.05, 4.69) is 0 Å². The number of hydrogen-bond acceptors (Lipinski definition) is 0. The van der Waals surface area contributed by atoms with E-state index in [0.29, 0.717) is 0 Å². The van der Waals surface area contributed by atoms with Gasteiger partial charge in [0.1, 0.15) is 0 Å². The van der Waals surface area contributed by atoms with E-state index in [4.69, 9.17) is 0 Å². The molecule has 0 aromatic carbocycles. The van der Waals surface area contributed by atoms with E-state index in [1.165, 1.54) is 0 Å². The molecule has 0 atom stereocenters. The summed E-state index contributed by atoms with van der Waals surface area (Å²) < 4.78 is 0. The minimum atomic E-state index is 0. The van der Waals surface area contributed by atoms with Crippen molar-refractivity contribution in [3.63, 3.8) is 0 Å². The third-order valence-electron chi connectivity index (χ3n) is 0. The maximum Gasteiger partial charge on any atom is 1.00 e. The summed E-state index contributed by atoms with van der Waals surface area (Å²) in [6.45, 7) is 0. The Kier molecular flexibility index (Phi) is 357. The Morgan fingerprint density at radius 1 is 0.800 bits per heavy atom. The van der Waals surface area contributed by atoms with Crippen molar-refractivity contribution in [2.24, 2.45) is 0 Å². The van der Waals surface area contributed by atoms with Gasteiger partial charge in [0, 0.05) is 21.1 Å². The molecule has 0 rings (SSSR count). The molecule has 0 radical (unpaired) electrons. The van der Waals surface area contributed by atoms with Crippen LogP contribution < -0.4 is 18.9 Å². The average molecular weight is 200 g/mol. The molecule has 0 aliphatic carbocycles. The third kappa shape index (κ3) is 21.8. The van der Waals surface area contributed by atoms with E-state index in [-0.39, 0.29) is 81.8 Å². The van der Waals surface area contributed by atoms with Crippen LogP contribution in [0.1, 0.15) is 1.43 Å². The van der Waals surface area contributed by atoms with Crippen LogP contribution in [0.4, 0.5) is 0 Å². The van der Waals surface area contributed by atoms with Gasteiger partial charge in [-0.2, -0.15) is 0 Å². The third-order valence-corrected chi connectivity index (χ3v) is 0. The first kappa shape index (κ1) is 54.0. The van der Waals surface area contributed by atoms with Gasteiger partial charge in [0.05, 0.1) is 0 Å². The van der Waals surface area contributed by atoms with Crippen LogP contribution in [0.2, 0.25) is 0 Å². The molecule has 0 aromatic heterocycles. The van der Waals surface area contributed by atoms with Crippen LogP contribution >= 0.6 is 0 Å². The maximum absolute atomic E-state index is 0. The molecule has 0 saturated carbocycles. The maximum atomic E-state index is 0. The first-order chi connectivity index (χ1) is 0. The molecule has 0 saturated heterocycles. The van der Waals surface area contributed by atoms with Crippen molar-refractivity contribution in [1.29, 1.82) is 0 Å². The van der Waals surface area contributed by atoms with Crippen molar-refractivity contribution in [3.8, 4) is 0 Å². The predicted octanol–water partition coefficient (Wildman–Crippen LogP) is -2.89. The van der Waals surface area contributed by atoms with Crippen LogP contribution in [0.3, 0.4) is 0 Å². The molecule has 0 spiro atoms. The Bertz CT molecular complexity index is 10.8. The zero-order valence-corrected chi connectivity index (χ0v) is 7.09. The molecular weight excluding hydrogens is 199 g/mol. The molecule has 0 heterocycles. The van der Waals surface area contributed by atoms with Crippen molar-refractivity contribution in [2.75, 3.05) is 0 Å². The number of rotatable bonds is 0. The van der Waals surface area contributed by atoms with Gasteiger partial charge >= 0.3 is 18.9 Å². The standard InChI is InChI=1S/Li.Mo.3S.H/q+1;;3*-2;-1. The summed E-state index contributed by atoms with van der Waals surface area (Å²) in [5.74, 6) is 0. The van der Waals surface area contributed by atoms with Crippen molar-refractivity contribution in [1.82, 2.24) is 0 Å². The van der Waals surface area contributed by atoms with Crippen LogP contribution in [0.15, 0.2) is 0 Å². The van der Waals surface area contributed by atoms with Gasteiger partial charge in [0.25, 0.3) is 0 Å². The topological polar surface area (TPSA) is 0 Å². The van der Waals surface area contributed by atoms with Gasteiger partial charge in [-0.25, -0.2) is 0 Å². The molecule has 32 valence electrons. The second-order valence-corrected chi connectivity index (χ2v) is 0. The molecule has 0 aromatic rings. The molecule has 0 bridgehead atoms. The normalized spacial score (nSPS) is 0. The fourth-order valence-electron chi connectivity index (χ4n) is 0. The quantitative estimate of drug-likeness (QED) is 0.368. The number of hydrogen-bond donors (Lipinski definition) is 0. The summed E-state index contributed by atoms with van der Waals surface area (Å²) in [5.41, 5.74) is 0. The second-order valence-electron chi connectivity index (χ2n) is 0. The van der Waals surface area contributed by atoms with Crippen LogP contribution in [-0.4, -0.2) is 0 Å². The molecule has 5 heteroatoms. The molecule has 0 unspecified atom stereocenters. The zero-order chi connectivity index (χ0) is 0. The molecule has 5 heavy (non-hydrogen) atoms. The van der Waals surface area contributed by atoms with Gasteiger partial charge in [0.15, 0.2) is 0 Å². The minimum absolute atomic E-state index is 0. The largest absolute Gasteiger partial charge is 2.00 e. The minimum Gasteiger partial charge on any atom is -2.00 e. The average Bonchev–Trinajstić information content (AvgIpc) is 0. The van der Waals surface area contributed by atoms with Crippen molar-refractivity contribution < 1.29 is 41.4 Å². The first-order valence-electron chi connectivity index (χ1n) is 0. The summed E-state index contributed by atoms with van der Waals surface area (Å²) in [6.07, 6.45) is 0. The van der Waals surface area contributed by atoms with E-state index >= 15 is 0 Å². The Morgan fingerprint density at radius 3 is 0.800 bits per heavy atom. The Morgan fingerprint density at radius 2 is 0.800 bits per heavy atom.